The molecule has 5 aromatic rings. The van der Waals surface area contributed by atoms with Crippen molar-refractivity contribution in [3.05, 3.63) is 98.8 Å². The van der Waals surface area contributed by atoms with Crippen molar-refractivity contribution in [3.8, 4) is 5.00 Å². The summed E-state index contributed by atoms with van der Waals surface area (Å²) in [6.45, 7) is 5.09. The van der Waals surface area contributed by atoms with Crippen LogP contribution in [0.5, 0.6) is 0 Å². The van der Waals surface area contributed by atoms with Crippen LogP contribution in [0.3, 0.4) is 0 Å². The summed E-state index contributed by atoms with van der Waals surface area (Å²) in [7, 11) is 0. The van der Waals surface area contributed by atoms with Crippen LogP contribution in [0.15, 0.2) is 54.6 Å². The van der Waals surface area contributed by atoms with E-state index in [-0.39, 0.29) is 36.6 Å². The topological polar surface area (TPSA) is 108 Å². The SMILES string of the molecule is CCOC(=O)Cn1c(C(=O)NCc2nnc(C)n2-c2sc(CC)cc2C(=O)c2ccccc2Cl)c(F)c2ccccc21. The molecule has 0 saturated heterocycles. The first-order valence-electron chi connectivity index (χ1n) is 13.3. The predicted octanol–water partition coefficient (Wildman–Crippen LogP) is 5.67. The number of rotatable bonds is 10. The van der Waals surface area contributed by atoms with Crippen LogP contribution in [0, 0.1) is 12.7 Å². The summed E-state index contributed by atoms with van der Waals surface area (Å²) in [4.78, 5) is 40.3. The van der Waals surface area contributed by atoms with Crippen LogP contribution in [-0.4, -0.2) is 43.6 Å². The number of ether oxygens (including phenoxy) is 1. The number of aromatic nitrogens is 4. The maximum atomic E-state index is 15.5. The summed E-state index contributed by atoms with van der Waals surface area (Å²) in [5, 5.41) is 12.3. The Morgan fingerprint density at radius 2 is 1.79 bits per heavy atom. The minimum atomic E-state index is -0.747. The molecule has 0 unspecified atom stereocenters. The molecule has 1 N–H and O–H groups in total. The Kier molecular flexibility index (Phi) is 8.51. The molecule has 216 valence electrons. The highest BCUT2D eigenvalue weighted by molar-refractivity contribution is 7.15. The highest BCUT2D eigenvalue weighted by atomic mass is 35.5. The lowest BCUT2D eigenvalue weighted by Crippen LogP contribution is -2.29. The molecule has 3 heterocycles. The number of carbonyl (C=O) groups excluding carboxylic acids is 3. The summed E-state index contributed by atoms with van der Waals surface area (Å²) in [5.41, 5.74) is 0.888. The number of nitrogens with one attached hydrogen (secondary N) is 1. The van der Waals surface area contributed by atoms with Crippen molar-refractivity contribution in [3.63, 3.8) is 0 Å². The molecule has 0 spiro atoms. The first-order chi connectivity index (χ1) is 20.2. The standard InChI is InChI=1S/C30H27ClFN5O4S/c1-4-18-14-21(28(39)19-10-6-8-12-22(19)31)30(42-18)37-17(3)34-35-24(37)15-33-29(40)27-26(32)20-11-7-9-13-23(20)36(27)16-25(38)41-5-2/h6-14H,4-5,15-16H2,1-3H3,(H,33,40). The Bertz CT molecular complexity index is 1830. The van der Waals surface area contributed by atoms with Gasteiger partial charge in [-0.05, 0) is 50.6 Å². The van der Waals surface area contributed by atoms with Crippen molar-refractivity contribution >= 4 is 51.5 Å². The van der Waals surface area contributed by atoms with Gasteiger partial charge in [-0.3, -0.25) is 19.0 Å². The molecule has 1 amide bonds. The van der Waals surface area contributed by atoms with E-state index < -0.39 is 17.7 Å². The lowest BCUT2D eigenvalue weighted by Gasteiger charge is -2.12. The minimum Gasteiger partial charge on any atom is -0.465 e. The van der Waals surface area contributed by atoms with Gasteiger partial charge < -0.3 is 14.6 Å². The third-order valence-corrected chi connectivity index (χ3v) is 8.29. The third kappa shape index (κ3) is 5.45. The second-order valence-corrected chi connectivity index (χ2v) is 10.9. The maximum absolute atomic E-state index is 15.5. The van der Waals surface area contributed by atoms with Gasteiger partial charge in [0, 0.05) is 15.8 Å². The van der Waals surface area contributed by atoms with Gasteiger partial charge in [-0.2, -0.15) is 0 Å². The molecular formula is C30H27ClFN5O4S. The number of fused-ring (bicyclic) bond motifs is 1. The van der Waals surface area contributed by atoms with Crippen LogP contribution in [0.1, 0.15) is 56.8 Å². The van der Waals surface area contributed by atoms with Gasteiger partial charge in [-0.1, -0.05) is 42.8 Å². The number of carbonyl (C=O) groups is 3. The van der Waals surface area contributed by atoms with Gasteiger partial charge in [0.2, 0.25) is 0 Å². The van der Waals surface area contributed by atoms with Crippen molar-refractivity contribution < 1.29 is 23.5 Å². The number of halogens is 2. The van der Waals surface area contributed by atoms with E-state index in [0.29, 0.717) is 44.7 Å². The van der Waals surface area contributed by atoms with E-state index >= 15 is 4.39 Å². The minimum absolute atomic E-state index is 0.126. The van der Waals surface area contributed by atoms with Crippen molar-refractivity contribution in [2.24, 2.45) is 0 Å². The van der Waals surface area contributed by atoms with E-state index in [2.05, 4.69) is 15.5 Å². The monoisotopic (exact) mass is 607 g/mol. The number of amides is 1. The molecule has 0 bridgehead atoms. The van der Waals surface area contributed by atoms with Crippen molar-refractivity contribution in [2.45, 2.75) is 40.3 Å². The smallest absolute Gasteiger partial charge is 0.325 e. The number of hydrogen-bond donors (Lipinski definition) is 1. The van der Waals surface area contributed by atoms with Crippen molar-refractivity contribution in [1.29, 1.82) is 0 Å². The molecule has 0 radical (unpaired) electrons. The normalized spacial score (nSPS) is 11.2. The molecular weight excluding hydrogens is 581 g/mol. The number of thiophene rings is 1. The molecule has 0 atom stereocenters. The fourth-order valence-electron chi connectivity index (χ4n) is 4.74. The molecule has 0 aliphatic heterocycles. The Labute approximate surface area is 249 Å². The number of hydrogen-bond acceptors (Lipinski definition) is 7. The second-order valence-electron chi connectivity index (χ2n) is 9.35. The van der Waals surface area contributed by atoms with Crippen LogP contribution in [-0.2, 0) is 29.0 Å². The van der Waals surface area contributed by atoms with Crippen LogP contribution in [0.2, 0.25) is 5.02 Å². The number of aryl methyl sites for hydroxylation is 2. The molecule has 0 saturated carbocycles. The first kappa shape index (κ1) is 29.2. The highest BCUT2D eigenvalue weighted by Gasteiger charge is 2.27. The Morgan fingerprint density at radius 1 is 1.05 bits per heavy atom. The number of ketones is 1. The van der Waals surface area contributed by atoms with Crippen LogP contribution in [0.4, 0.5) is 4.39 Å². The van der Waals surface area contributed by atoms with Crippen LogP contribution < -0.4 is 5.32 Å². The summed E-state index contributed by atoms with van der Waals surface area (Å²) >= 11 is 7.75. The largest absolute Gasteiger partial charge is 0.465 e. The third-order valence-electron chi connectivity index (χ3n) is 6.69. The molecule has 9 nitrogen and oxygen atoms in total. The quantitative estimate of drug-likeness (QED) is 0.162. The molecule has 5 rings (SSSR count). The highest BCUT2D eigenvalue weighted by Crippen LogP contribution is 2.32. The molecule has 2 aromatic carbocycles. The Morgan fingerprint density at radius 3 is 2.52 bits per heavy atom. The van der Waals surface area contributed by atoms with Crippen molar-refractivity contribution in [2.75, 3.05) is 6.61 Å². The summed E-state index contributed by atoms with van der Waals surface area (Å²) in [6, 6.07) is 15.2. The number of nitrogens with zero attached hydrogens (tertiary/aromatic N) is 4. The first-order valence-corrected chi connectivity index (χ1v) is 14.5. The Balaban J connectivity index is 1.49. The van der Waals surface area contributed by atoms with Crippen LogP contribution >= 0.6 is 22.9 Å². The summed E-state index contributed by atoms with van der Waals surface area (Å²) in [5.74, 6) is -1.49. The van der Waals surface area contributed by atoms with E-state index in [1.165, 1.54) is 15.9 Å². The zero-order valence-corrected chi connectivity index (χ0v) is 24.7. The van der Waals surface area contributed by atoms with Gasteiger partial charge in [-0.25, -0.2) is 4.39 Å². The average molecular weight is 608 g/mol. The summed E-state index contributed by atoms with van der Waals surface area (Å²) in [6.07, 6.45) is 0.699. The van der Waals surface area contributed by atoms with E-state index in [1.807, 2.05) is 13.0 Å². The molecule has 42 heavy (non-hydrogen) atoms. The Hall–Kier alpha value is -4.35. The molecule has 0 aliphatic rings. The fourth-order valence-corrected chi connectivity index (χ4v) is 6.12. The van der Waals surface area contributed by atoms with E-state index in [1.54, 1.807) is 66.9 Å². The van der Waals surface area contributed by atoms with Crippen molar-refractivity contribution in [1.82, 2.24) is 24.6 Å². The number of benzene rings is 2. The van der Waals surface area contributed by atoms with Gasteiger partial charge in [0.05, 0.1) is 29.3 Å². The molecule has 0 aliphatic carbocycles. The molecule has 0 fully saturated rings. The van der Waals surface area contributed by atoms with Gasteiger partial charge >= 0.3 is 5.97 Å². The fraction of sp³-hybridized carbons (Fsp3) is 0.233. The van der Waals surface area contributed by atoms with Gasteiger partial charge in [0.25, 0.3) is 5.91 Å². The van der Waals surface area contributed by atoms with Gasteiger partial charge in [0.1, 0.15) is 23.1 Å². The summed E-state index contributed by atoms with van der Waals surface area (Å²) < 4.78 is 23.6. The van der Waals surface area contributed by atoms with E-state index in [0.717, 1.165) is 4.88 Å². The van der Waals surface area contributed by atoms with Crippen LogP contribution in [0.25, 0.3) is 15.9 Å². The number of para-hydroxylation sites is 1. The number of esters is 1. The van der Waals surface area contributed by atoms with E-state index in [9.17, 15) is 14.4 Å². The zero-order valence-electron chi connectivity index (χ0n) is 23.1. The maximum Gasteiger partial charge on any atom is 0.325 e. The predicted molar refractivity (Wildman–Crippen MR) is 158 cm³/mol. The van der Waals surface area contributed by atoms with E-state index in [4.69, 9.17) is 16.3 Å². The average Bonchev–Trinajstić information content (AvgIpc) is 3.65. The van der Waals surface area contributed by atoms with Gasteiger partial charge in [-0.15, -0.1) is 21.5 Å². The zero-order chi connectivity index (χ0) is 30.0. The lowest BCUT2D eigenvalue weighted by molar-refractivity contribution is -0.143. The lowest BCUT2D eigenvalue weighted by atomic mass is 10.0. The second kappa shape index (κ2) is 12.3. The van der Waals surface area contributed by atoms with Gasteiger partial charge in [0.15, 0.2) is 17.4 Å². The molecule has 3 aromatic heterocycles. The molecule has 12 heteroatoms.